The summed E-state index contributed by atoms with van der Waals surface area (Å²) in [4.78, 5) is 0. The summed E-state index contributed by atoms with van der Waals surface area (Å²) in [5.74, 6) is 0.591. The molecular formula is C11H20O2. The topological polar surface area (TPSA) is 29.5 Å². The Morgan fingerprint density at radius 1 is 1.46 bits per heavy atom. The van der Waals surface area contributed by atoms with Crippen LogP contribution in [0.15, 0.2) is 12.2 Å². The van der Waals surface area contributed by atoms with Crippen molar-refractivity contribution in [1.29, 1.82) is 0 Å². The Labute approximate surface area is 80.6 Å². The Hall–Kier alpha value is -0.340. The lowest BCUT2D eigenvalue weighted by atomic mass is 9.86. The van der Waals surface area contributed by atoms with Gasteiger partial charge in [0.25, 0.3) is 0 Å². The zero-order valence-corrected chi connectivity index (χ0v) is 8.57. The summed E-state index contributed by atoms with van der Waals surface area (Å²) < 4.78 is 5.66. The second-order valence-corrected chi connectivity index (χ2v) is 3.88. The Morgan fingerprint density at radius 3 is 2.92 bits per heavy atom. The van der Waals surface area contributed by atoms with Crippen LogP contribution in [0.5, 0.6) is 0 Å². The van der Waals surface area contributed by atoms with Gasteiger partial charge in [0.15, 0.2) is 0 Å². The summed E-state index contributed by atoms with van der Waals surface area (Å²) >= 11 is 0. The zero-order valence-electron chi connectivity index (χ0n) is 8.57. The average molecular weight is 184 g/mol. The Bertz CT molecular complexity index is 165. The van der Waals surface area contributed by atoms with Crippen LogP contribution in [0.25, 0.3) is 0 Å². The normalized spacial score (nSPS) is 35.5. The number of ether oxygens (including phenoxy) is 1. The first kappa shape index (κ1) is 10.7. The van der Waals surface area contributed by atoms with Gasteiger partial charge in [-0.1, -0.05) is 19.1 Å². The first-order valence-electron chi connectivity index (χ1n) is 5.15. The lowest BCUT2D eigenvalue weighted by Crippen LogP contribution is -2.32. The molecule has 1 N–H and O–H groups in total. The SMILES string of the molecule is C/C=C/COC1CC(O)CCC1C. The van der Waals surface area contributed by atoms with Gasteiger partial charge in [-0.3, -0.25) is 0 Å². The van der Waals surface area contributed by atoms with Gasteiger partial charge < -0.3 is 9.84 Å². The van der Waals surface area contributed by atoms with Crippen LogP contribution in [0.2, 0.25) is 0 Å². The fourth-order valence-electron chi connectivity index (χ4n) is 1.77. The molecule has 2 heteroatoms. The quantitative estimate of drug-likeness (QED) is 0.681. The summed E-state index contributed by atoms with van der Waals surface area (Å²) in [6, 6.07) is 0. The number of rotatable bonds is 3. The van der Waals surface area contributed by atoms with Gasteiger partial charge in [-0.25, -0.2) is 0 Å². The van der Waals surface area contributed by atoms with Gasteiger partial charge in [-0.2, -0.15) is 0 Å². The Morgan fingerprint density at radius 2 is 2.23 bits per heavy atom. The maximum Gasteiger partial charge on any atom is 0.0651 e. The smallest absolute Gasteiger partial charge is 0.0651 e. The van der Waals surface area contributed by atoms with Gasteiger partial charge in [-0.15, -0.1) is 0 Å². The van der Waals surface area contributed by atoms with E-state index in [-0.39, 0.29) is 12.2 Å². The van der Waals surface area contributed by atoms with E-state index < -0.39 is 0 Å². The maximum atomic E-state index is 9.46. The van der Waals surface area contributed by atoms with Crippen molar-refractivity contribution in [3.63, 3.8) is 0 Å². The van der Waals surface area contributed by atoms with E-state index >= 15 is 0 Å². The molecule has 0 aromatic rings. The monoisotopic (exact) mass is 184 g/mol. The van der Waals surface area contributed by atoms with Crippen LogP contribution in [-0.2, 0) is 4.74 Å². The summed E-state index contributed by atoms with van der Waals surface area (Å²) in [7, 11) is 0. The molecule has 0 bridgehead atoms. The predicted octanol–water partition coefficient (Wildman–Crippen LogP) is 2.13. The molecule has 3 unspecified atom stereocenters. The van der Waals surface area contributed by atoms with Gasteiger partial charge in [0.05, 0.1) is 18.8 Å². The van der Waals surface area contributed by atoms with Crippen LogP contribution in [0.3, 0.4) is 0 Å². The number of hydrogen-bond donors (Lipinski definition) is 1. The van der Waals surface area contributed by atoms with E-state index in [0.29, 0.717) is 12.5 Å². The van der Waals surface area contributed by atoms with Crippen molar-refractivity contribution in [2.75, 3.05) is 6.61 Å². The van der Waals surface area contributed by atoms with Crippen molar-refractivity contribution in [2.24, 2.45) is 5.92 Å². The fourth-order valence-corrected chi connectivity index (χ4v) is 1.77. The molecule has 2 nitrogen and oxygen atoms in total. The highest BCUT2D eigenvalue weighted by atomic mass is 16.5. The van der Waals surface area contributed by atoms with Crippen LogP contribution >= 0.6 is 0 Å². The molecule has 76 valence electrons. The predicted molar refractivity (Wildman–Crippen MR) is 53.6 cm³/mol. The van der Waals surface area contributed by atoms with Crippen molar-refractivity contribution in [1.82, 2.24) is 0 Å². The van der Waals surface area contributed by atoms with Crippen LogP contribution in [0, 0.1) is 5.92 Å². The van der Waals surface area contributed by atoms with Crippen LogP contribution in [-0.4, -0.2) is 23.9 Å². The van der Waals surface area contributed by atoms with Gasteiger partial charge in [0.1, 0.15) is 0 Å². The fraction of sp³-hybridized carbons (Fsp3) is 0.818. The average Bonchev–Trinajstić information content (AvgIpc) is 2.11. The third-order valence-corrected chi connectivity index (χ3v) is 2.74. The molecule has 13 heavy (non-hydrogen) atoms. The molecule has 0 heterocycles. The Balaban J connectivity index is 2.29. The third kappa shape index (κ3) is 3.49. The standard InChI is InChI=1S/C11H20O2/c1-3-4-7-13-11-8-10(12)6-5-9(11)2/h3-4,9-12H,5-8H2,1-2H3/b4-3+. The second kappa shape index (κ2) is 5.40. The largest absolute Gasteiger partial charge is 0.393 e. The van der Waals surface area contributed by atoms with E-state index in [9.17, 15) is 5.11 Å². The lowest BCUT2D eigenvalue weighted by molar-refractivity contribution is -0.0338. The molecule has 0 saturated heterocycles. The van der Waals surface area contributed by atoms with Crippen molar-refractivity contribution >= 4 is 0 Å². The molecular weight excluding hydrogens is 164 g/mol. The zero-order chi connectivity index (χ0) is 9.68. The van der Waals surface area contributed by atoms with E-state index in [0.717, 1.165) is 19.3 Å². The molecule has 1 fully saturated rings. The minimum absolute atomic E-state index is 0.146. The molecule has 1 aliphatic rings. The van der Waals surface area contributed by atoms with Crippen molar-refractivity contribution in [3.05, 3.63) is 12.2 Å². The third-order valence-electron chi connectivity index (χ3n) is 2.74. The van der Waals surface area contributed by atoms with Crippen LogP contribution in [0.1, 0.15) is 33.1 Å². The van der Waals surface area contributed by atoms with Crippen LogP contribution < -0.4 is 0 Å². The Kier molecular flexibility index (Phi) is 4.46. The highest BCUT2D eigenvalue weighted by molar-refractivity contribution is 4.81. The number of aliphatic hydroxyl groups excluding tert-OH is 1. The lowest BCUT2D eigenvalue weighted by Gasteiger charge is -2.31. The first-order chi connectivity index (χ1) is 6.24. The summed E-state index contributed by atoms with van der Waals surface area (Å²) in [5.41, 5.74) is 0. The second-order valence-electron chi connectivity index (χ2n) is 3.88. The van der Waals surface area contributed by atoms with Crippen LogP contribution in [0.4, 0.5) is 0 Å². The molecule has 1 saturated carbocycles. The molecule has 0 aromatic carbocycles. The van der Waals surface area contributed by atoms with Gasteiger partial charge in [-0.05, 0) is 32.1 Å². The van der Waals surface area contributed by atoms with Crippen molar-refractivity contribution < 1.29 is 9.84 Å². The molecule has 0 aliphatic heterocycles. The number of aliphatic hydroxyl groups is 1. The van der Waals surface area contributed by atoms with Gasteiger partial charge in [0.2, 0.25) is 0 Å². The van der Waals surface area contributed by atoms with Gasteiger partial charge >= 0.3 is 0 Å². The van der Waals surface area contributed by atoms with Gasteiger partial charge in [0, 0.05) is 0 Å². The molecule has 3 atom stereocenters. The highest BCUT2D eigenvalue weighted by Crippen LogP contribution is 2.26. The molecule has 0 aromatic heterocycles. The number of hydrogen-bond acceptors (Lipinski definition) is 2. The minimum atomic E-state index is -0.146. The maximum absolute atomic E-state index is 9.46. The molecule has 1 rings (SSSR count). The van der Waals surface area contributed by atoms with E-state index in [1.807, 2.05) is 19.1 Å². The van der Waals surface area contributed by atoms with E-state index in [1.165, 1.54) is 0 Å². The molecule has 1 aliphatic carbocycles. The summed E-state index contributed by atoms with van der Waals surface area (Å²) in [6.45, 7) is 4.87. The van der Waals surface area contributed by atoms with E-state index in [1.54, 1.807) is 0 Å². The van der Waals surface area contributed by atoms with Crippen molar-refractivity contribution in [2.45, 2.75) is 45.3 Å². The summed E-state index contributed by atoms with van der Waals surface area (Å²) in [5, 5.41) is 9.46. The molecule has 0 spiro atoms. The summed E-state index contributed by atoms with van der Waals surface area (Å²) in [6.07, 6.45) is 6.93. The highest BCUT2D eigenvalue weighted by Gasteiger charge is 2.26. The number of allylic oxidation sites excluding steroid dienone is 1. The van der Waals surface area contributed by atoms with Crippen molar-refractivity contribution in [3.8, 4) is 0 Å². The van der Waals surface area contributed by atoms with E-state index in [4.69, 9.17) is 4.74 Å². The minimum Gasteiger partial charge on any atom is -0.393 e. The molecule has 0 amide bonds. The molecule has 0 radical (unpaired) electrons. The van der Waals surface area contributed by atoms with E-state index in [2.05, 4.69) is 6.92 Å². The first-order valence-corrected chi connectivity index (χ1v) is 5.15.